The summed E-state index contributed by atoms with van der Waals surface area (Å²) in [5.41, 5.74) is 2.49. The lowest BCUT2D eigenvalue weighted by molar-refractivity contribution is -0.138. The van der Waals surface area contributed by atoms with E-state index < -0.39 is 5.97 Å². The lowest BCUT2D eigenvalue weighted by Crippen LogP contribution is -2.33. The van der Waals surface area contributed by atoms with Gasteiger partial charge in [0.05, 0.1) is 6.54 Å². The van der Waals surface area contributed by atoms with Crippen LogP contribution < -0.4 is 0 Å². The average Bonchev–Trinajstić information content (AvgIpc) is 2.74. The molecule has 0 saturated carbocycles. The number of aromatic amines is 1. The van der Waals surface area contributed by atoms with Gasteiger partial charge < -0.3 is 10.1 Å². The van der Waals surface area contributed by atoms with Gasteiger partial charge in [-0.2, -0.15) is 0 Å². The van der Waals surface area contributed by atoms with Gasteiger partial charge in [0.2, 0.25) is 0 Å². The number of nitrogens with zero attached hydrogens (tertiary/aromatic N) is 2. The molecule has 0 bridgehead atoms. The Balaban J connectivity index is 1.64. The van der Waals surface area contributed by atoms with Crippen LogP contribution in [0.15, 0.2) is 30.5 Å². The topological polar surface area (TPSA) is 59.6 Å². The molecule has 2 N–H and O–H groups in total. The van der Waals surface area contributed by atoms with E-state index in [1.54, 1.807) is 0 Å². The molecule has 2 heterocycles. The van der Waals surface area contributed by atoms with Gasteiger partial charge in [-0.15, -0.1) is 0 Å². The number of carboxylic acid groups (broad SMARTS) is 1. The number of aromatic nitrogens is 1. The van der Waals surface area contributed by atoms with E-state index in [0.29, 0.717) is 0 Å². The Morgan fingerprint density at radius 1 is 1.14 bits per heavy atom. The van der Waals surface area contributed by atoms with Gasteiger partial charge in [0.1, 0.15) is 0 Å². The van der Waals surface area contributed by atoms with Gasteiger partial charge in [-0.25, -0.2) is 0 Å². The van der Waals surface area contributed by atoms with E-state index in [1.165, 1.54) is 16.5 Å². The van der Waals surface area contributed by atoms with Crippen molar-refractivity contribution in [2.75, 3.05) is 32.7 Å². The van der Waals surface area contributed by atoms with Crippen LogP contribution in [0.4, 0.5) is 0 Å². The highest BCUT2D eigenvalue weighted by molar-refractivity contribution is 5.82. The second kappa shape index (κ2) is 6.28. The third-order valence-electron chi connectivity index (χ3n) is 4.11. The maximum Gasteiger partial charge on any atom is 0.317 e. The minimum Gasteiger partial charge on any atom is -0.480 e. The van der Waals surface area contributed by atoms with Crippen molar-refractivity contribution in [2.24, 2.45) is 0 Å². The zero-order valence-electron chi connectivity index (χ0n) is 12.1. The molecular formula is C16H21N3O2. The number of nitrogens with one attached hydrogen (secondary N) is 1. The Hall–Kier alpha value is -1.85. The van der Waals surface area contributed by atoms with Crippen molar-refractivity contribution in [3.05, 3.63) is 36.0 Å². The summed E-state index contributed by atoms with van der Waals surface area (Å²) in [5, 5.41) is 10.2. The van der Waals surface area contributed by atoms with Crippen molar-refractivity contribution in [1.29, 1.82) is 0 Å². The minimum absolute atomic E-state index is 0.154. The number of carbonyl (C=O) groups is 1. The van der Waals surface area contributed by atoms with Gasteiger partial charge in [-0.3, -0.25) is 14.6 Å². The second-order valence-corrected chi connectivity index (χ2v) is 5.66. The van der Waals surface area contributed by atoms with Gasteiger partial charge in [0.15, 0.2) is 0 Å². The van der Waals surface area contributed by atoms with Crippen molar-refractivity contribution in [2.45, 2.75) is 13.0 Å². The zero-order chi connectivity index (χ0) is 14.7. The summed E-state index contributed by atoms with van der Waals surface area (Å²) in [6, 6.07) is 8.35. The molecule has 0 spiro atoms. The number of para-hydroxylation sites is 1. The highest BCUT2D eigenvalue weighted by atomic mass is 16.4. The van der Waals surface area contributed by atoms with Gasteiger partial charge in [0, 0.05) is 43.3 Å². The second-order valence-electron chi connectivity index (χ2n) is 5.66. The highest BCUT2D eigenvalue weighted by Gasteiger charge is 2.17. The quantitative estimate of drug-likeness (QED) is 0.899. The number of aliphatic carboxylic acids is 1. The first-order chi connectivity index (χ1) is 10.2. The van der Waals surface area contributed by atoms with Crippen LogP contribution in [0.1, 0.15) is 12.0 Å². The largest absolute Gasteiger partial charge is 0.480 e. The van der Waals surface area contributed by atoms with E-state index in [1.807, 2.05) is 11.0 Å². The van der Waals surface area contributed by atoms with Crippen LogP contribution >= 0.6 is 0 Å². The monoisotopic (exact) mass is 287 g/mol. The minimum atomic E-state index is -0.736. The van der Waals surface area contributed by atoms with E-state index in [4.69, 9.17) is 5.11 Å². The highest BCUT2D eigenvalue weighted by Crippen LogP contribution is 2.19. The van der Waals surface area contributed by atoms with Crippen LogP contribution in [0.2, 0.25) is 0 Å². The summed E-state index contributed by atoms with van der Waals surface area (Å²) < 4.78 is 0. The fourth-order valence-corrected chi connectivity index (χ4v) is 3.04. The van der Waals surface area contributed by atoms with E-state index >= 15 is 0 Å². The smallest absolute Gasteiger partial charge is 0.317 e. The molecule has 3 rings (SSSR count). The molecule has 0 atom stereocenters. The summed E-state index contributed by atoms with van der Waals surface area (Å²) in [6.45, 7) is 4.72. The Bertz CT molecular complexity index is 623. The molecule has 0 unspecified atom stereocenters. The Morgan fingerprint density at radius 3 is 2.76 bits per heavy atom. The van der Waals surface area contributed by atoms with Crippen LogP contribution in [-0.4, -0.2) is 58.6 Å². The Kier molecular flexibility index (Phi) is 4.22. The third kappa shape index (κ3) is 3.43. The maximum absolute atomic E-state index is 10.8. The van der Waals surface area contributed by atoms with E-state index in [9.17, 15) is 4.79 Å². The van der Waals surface area contributed by atoms with Crippen molar-refractivity contribution in [3.63, 3.8) is 0 Å². The normalized spacial score (nSPS) is 17.9. The average molecular weight is 287 g/mol. The number of benzene rings is 1. The summed E-state index contributed by atoms with van der Waals surface area (Å²) in [5.74, 6) is -0.736. The van der Waals surface area contributed by atoms with E-state index in [-0.39, 0.29) is 6.54 Å². The van der Waals surface area contributed by atoms with Crippen molar-refractivity contribution >= 4 is 16.9 Å². The Labute approximate surface area is 124 Å². The fraction of sp³-hybridized carbons (Fsp3) is 0.438. The first kappa shape index (κ1) is 14.1. The van der Waals surface area contributed by atoms with Crippen LogP contribution in [-0.2, 0) is 11.3 Å². The Morgan fingerprint density at radius 2 is 1.90 bits per heavy atom. The van der Waals surface area contributed by atoms with Crippen molar-refractivity contribution < 1.29 is 9.90 Å². The molecule has 0 aliphatic carbocycles. The molecular weight excluding hydrogens is 266 g/mol. The first-order valence-electron chi connectivity index (χ1n) is 7.44. The number of H-pyrrole nitrogens is 1. The molecule has 5 nitrogen and oxygen atoms in total. The molecule has 1 aliphatic heterocycles. The molecule has 1 aliphatic rings. The summed E-state index contributed by atoms with van der Waals surface area (Å²) in [6.07, 6.45) is 3.11. The predicted octanol–water partition coefficient (Wildman–Crippen LogP) is 1.76. The summed E-state index contributed by atoms with van der Waals surface area (Å²) in [7, 11) is 0. The molecule has 0 amide bonds. The van der Waals surface area contributed by atoms with Crippen molar-refractivity contribution in [1.82, 2.24) is 14.8 Å². The van der Waals surface area contributed by atoms with Crippen LogP contribution in [0.5, 0.6) is 0 Å². The number of rotatable bonds is 4. The number of carboxylic acids is 1. The predicted molar refractivity (Wildman–Crippen MR) is 82.3 cm³/mol. The molecule has 1 aromatic heterocycles. The lowest BCUT2D eigenvalue weighted by Gasteiger charge is -2.20. The zero-order valence-corrected chi connectivity index (χ0v) is 12.1. The number of hydrogen-bond donors (Lipinski definition) is 2. The van der Waals surface area contributed by atoms with E-state index in [0.717, 1.165) is 39.1 Å². The van der Waals surface area contributed by atoms with Crippen LogP contribution in [0.3, 0.4) is 0 Å². The molecule has 1 saturated heterocycles. The summed E-state index contributed by atoms with van der Waals surface area (Å²) in [4.78, 5) is 18.6. The molecule has 5 heteroatoms. The molecule has 2 aromatic rings. The molecule has 1 aromatic carbocycles. The van der Waals surface area contributed by atoms with Gasteiger partial charge >= 0.3 is 5.97 Å². The van der Waals surface area contributed by atoms with Gasteiger partial charge in [0.25, 0.3) is 0 Å². The van der Waals surface area contributed by atoms with Crippen LogP contribution in [0, 0.1) is 0 Å². The number of hydrogen-bond acceptors (Lipinski definition) is 3. The standard InChI is InChI=1S/C16H21N3O2/c20-16(21)12-19-7-3-6-18(8-9-19)11-13-10-17-15-5-2-1-4-14(13)15/h1-2,4-5,10,17H,3,6-9,11-12H2,(H,20,21). The molecule has 1 fully saturated rings. The van der Waals surface area contributed by atoms with Gasteiger partial charge in [-0.05, 0) is 24.6 Å². The SMILES string of the molecule is O=C(O)CN1CCCN(Cc2c[nH]c3ccccc23)CC1. The van der Waals surface area contributed by atoms with Crippen LogP contribution in [0.25, 0.3) is 10.9 Å². The fourth-order valence-electron chi connectivity index (χ4n) is 3.04. The first-order valence-corrected chi connectivity index (χ1v) is 7.44. The lowest BCUT2D eigenvalue weighted by atomic mass is 10.1. The third-order valence-corrected chi connectivity index (χ3v) is 4.11. The summed E-state index contributed by atoms with van der Waals surface area (Å²) >= 11 is 0. The number of fused-ring (bicyclic) bond motifs is 1. The molecule has 112 valence electrons. The molecule has 21 heavy (non-hydrogen) atoms. The maximum atomic E-state index is 10.8. The molecule has 0 radical (unpaired) electrons. The van der Waals surface area contributed by atoms with E-state index in [2.05, 4.69) is 34.3 Å². The van der Waals surface area contributed by atoms with Crippen molar-refractivity contribution in [3.8, 4) is 0 Å². The van der Waals surface area contributed by atoms with Gasteiger partial charge in [-0.1, -0.05) is 18.2 Å².